The molecular formula is C11H14N2O5S2. The minimum atomic E-state index is -1.23. The first-order valence-corrected chi connectivity index (χ1v) is 7.63. The summed E-state index contributed by atoms with van der Waals surface area (Å²) in [7, 11) is 0. The van der Waals surface area contributed by atoms with E-state index in [-0.39, 0.29) is 5.70 Å². The summed E-state index contributed by atoms with van der Waals surface area (Å²) in [5.41, 5.74) is 5.04. The number of hydrogen-bond donors (Lipinski definition) is 3. The van der Waals surface area contributed by atoms with Gasteiger partial charge in [0.2, 0.25) is 11.8 Å². The van der Waals surface area contributed by atoms with Crippen molar-refractivity contribution in [3.63, 3.8) is 0 Å². The molecule has 2 rings (SSSR count). The van der Waals surface area contributed by atoms with Crippen molar-refractivity contribution >= 4 is 41.3 Å². The van der Waals surface area contributed by atoms with Gasteiger partial charge in [-0.3, -0.25) is 14.5 Å². The van der Waals surface area contributed by atoms with Gasteiger partial charge in [-0.25, -0.2) is 4.79 Å². The Kier molecular flexibility index (Phi) is 4.03. The number of fused-ring (bicyclic) bond motifs is 1. The van der Waals surface area contributed by atoms with Crippen LogP contribution in [-0.2, 0) is 14.4 Å². The molecule has 0 aromatic carbocycles. The number of aliphatic carboxylic acids is 1. The Hall–Kier alpha value is -1.19. The van der Waals surface area contributed by atoms with E-state index in [1.54, 1.807) is 6.92 Å². The van der Waals surface area contributed by atoms with Gasteiger partial charge in [0.05, 0.1) is 21.5 Å². The van der Waals surface area contributed by atoms with Gasteiger partial charge in [0.25, 0.3) is 0 Å². The number of carbonyl (C=O) groups is 3. The maximum Gasteiger partial charge on any atom is 0.354 e. The fraction of sp³-hybridized carbons (Fsp3) is 0.545. The predicted octanol–water partition coefficient (Wildman–Crippen LogP) is -0.241. The first kappa shape index (κ1) is 15.2. The Labute approximate surface area is 123 Å². The molecule has 0 saturated carbocycles. The van der Waals surface area contributed by atoms with Crippen molar-refractivity contribution < 1.29 is 24.6 Å². The number of aliphatic hydroxyl groups is 1. The average Bonchev–Trinajstić information content (AvgIpc) is 2.63. The van der Waals surface area contributed by atoms with E-state index in [1.807, 2.05) is 0 Å². The standard InChI is InChI=1S/C11H14N2O5S2/c1-3(14)5-8(16)13-6(10(17)18)11(20-9(5)13)19-4(2)7(12)15/h3-5,9,14H,1-2H3,(H2,12,15)(H,17,18)/t3-,4?,5+,9-/m1/s1. The molecule has 2 heterocycles. The number of nitrogens with two attached hydrogens (primary N) is 1. The monoisotopic (exact) mass is 318 g/mol. The van der Waals surface area contributed by atoms with E-state index in [9.17, 15) is 24.6 Å². The fourth-order valence-corrected chi connectivity index (χ4v) is 5.06. The van der Waals surface area contributed by atoms with Crippen LogP contribution >= 0.6 is 23.5 Å². The second kappa shape index (κ2) is 5.30. The van der Waals surface area contributed by atoms with Crippen molar-refractivity contribution in [2.24, 2.45) is 11.7 Å². The molecule has 0 aromatic heterocycles. The molecule has 0 spiro atoms. The summed E-state index contributed by atoms with van der Waals surface area (Å²) in [5.74, 6) is -2.80. The third-order valence-corrected chi connectivity index (χ3v) is 5.88. The summed E-state index contributed by atoms with van der Waals surface area (Å²) < 4.78 is 0.380. The third kappa shape index (κ3) is 2.29. The minimum absolute atomic E-state index is 0.125. The number of hydrogen-bond acceptors (Lipinski definition) is 6. The Bertz CT molecular complexity index is 519. The first-order chi connectivity index (χ1) is 9.25. The van der Waals surface area contributed by atoms with Crippen molar-refractivity contribution in [3.05, 3.63) is 9.93 Å². The Morgan fingerprint density at radius 2 is 2.05 bits per heavy atom. The largest absolute Gasteiger partial charge is 0.477 e. The highest BCUT2D eigenvalue weighted by Gasteiger charge is 2.57. The van der Waals surface area contributed by atoms with Crippen LogP contribution in [0.2, 0.25) is 0 Å². The predicted molar refractivity (Wildman–Crippen MR) is 74.3 cm³/mol. The van der Waals surface area contributed by atoms with Crippen molar-refractivity contribution in [2.45, 2.75) is 30.6 Å². The Morgan fingerprint density at radius 3 is 2.50 bits per heavy atom. The van der Waals surface area contributed by atoms with Crippen LogP contribution in [0.15, 0.2) is 9.93 Å². The van der Waals surface area contributed by atoms with Crippen LogP contribution in [0.5, 0.6) is 0 Å². The van der Waals surface area contributed by atoms with E-state index in [0.717, 1.165) is 11.8 Å². The number of carbonyl (C=O) groups excluding carboxylic acids is 2. The second-order valence-corrected chi connectivity index (χ2v) is 7.32. The highest BCUT2D eigenvalue weighted by Crippen LogP contribution is 2.54. The van der Waals surface area contributed by atoms with Crippen molar-refractivity contribution in [1.82, 2.24) is 4.90 Å². The number of amides is 2. The number of thioether (sulfide) groups is 2. The zero-order valence-electron chi connectivity index (χ0n) is 10.8. The topological polar surface area (TPSA) is 121 Å². The van der Waals surface area contributed by atoms with Crippen LogP contribution in [0, 0.1) is 5.92 Å². The van der Waals surface area contributed by atoms with Crippen molar-refractivity contribution in [1.29, 1.82) is 0 Å². The van der Waals surface area contributed by atoms with Gasteiger partial charge in [-0.1, -0.05) is 11.8 Å². The maximum absolute atomic E-state index is 11.9. The fourth-order valence-electron chi connectivity index (χ4n) is 2.05. The van der Waals surface area contributed by atoms with Gasteiger partial charge in [0, 0.05) is 0 Å². The molecule has 110 valence electrons. The number of carboxylic acid groups (broad SMARTS) is 1. The first-order valence-electron chi connectivity index (χ1n) is 5.87. The van der Waals surface area contributed by atoms with Gasteiger partial charge in [0.15, 0.2) is 5.70 Å². The van der Waals surface area contributed by atoms with Gasteiger partial charge in [-0.05, 0) is 13.8 Å². The molecule has 4 N–H and O–H groups in total. The third-order valence-electron chi connectivity index (χ3n) is 3.15. The van der Waals surface area contributed by atoms with Gasteiger partial charge >= 0.3 is 5.97 Å². The van der Waals surface area contributed by atoms with E-state index in [2.05, 4.69) is 0 Å². The van der Waals surface area contributed by atoms with E-state index in [4.69, 9.17) is 5.73 Å². The quantitative estimate of drug-likeness (QED) is 0.598. The smallest absolute Gasteiger partial charge is 0.354 e. The van der Waals surface area contributed by atoms with Crippen molar-refractivity contribution in [2.75, 3.05) is 0 Å². The second-order valence-electron chi connectivity index (χ2n) is 4.59. The Balaban J connectivity index is 2.26. The van der Waals surface area contributed by atoms with Crippen LogP contribution in [0.25, 0.3) is 0 Å². The summed E-state index contributed by atoms with van der Waals surface area (Å²) in [6.45, 7) is 3.07. The van der Waals surface area contributed by atoms with Gasteiger partial charge in [-0.2, -0.15) is 0 Å². The van der Waals surface area contributed by atoms with Crippen LogP contribution < -0.4 is 5.73 Å². The lowest BCUT2D eigenvalue weighted by atomic mass is 9.92. The highest BCUT2D eigenvalue weighted by atomic mass is 32.2. The molecule has 2 aliphatic rings. The van der Waals surface area contributed by atoms with E-state index in [1.165, 1.54) is 23.6 Å². The minimum Gasteiger partial charge on any atom is -0.477 e. The number of carboxylic acids is 1. The van der Waals surface area contributed by atoms with E-state index < -0.39 is 40.4 Å². The molecule has 4 atom stereocenters. The number of rotatable bonds is 5. The van der Waals surface area contributed by atoms with Crippen LogP contribution in [-0.4, -0.2) is 49.6 Å². The summed E-state index contributed by atoms with van der Waals surface area (Å²) in [6.07, 6.45) is -0.843. The molecule has 0 aromatic rings. The molecule has 20 heavy (non-hydrogen) atoms. The molecule has 0 aliphatic carbocycles. The number of primary amides is 1. The lowest BCUT2D eigenvalue weighted by Gasteiger charge is -2.43. The van der Waals surface area contributed by atoms with Crippen LogP contribution in [0.3, 0.4) is 0 Å². The van der Waals surface area contributed by atoms with Crippen molar-refractivity contribution in [3.8, 4) is 0 Å². The van der Waals surface area contributed by atoms with Crippen LogP contribution in [0.4, 0.5) is 0 Å². The zero-order valence-corrected chi connectivity index (χ0v) is 12.4. The molecule has 0 radical (unpaired) electrons. The Morgan fingerprint density at radius 1 is 1.45 bits per heavy atom. The molecular weight excluding hydrogens is 304 g/mol. The van der Waals surface area contributed by atoms with Crippen LogP contribution in [0.1, 0.15) is 13.8 Å². The molecule has 1 unspecified atom stereocenters. The molecule has 2 aliphatic heterocycles. The molecule has 1 saturated heterocycles. The average molecular weight is 318 g/mol. The molecule has 2 amide bonds. The van der Waals surface area contributed by atoms with Gasteiger partial charge in [0.1, 0.15) is 5.37 Å². The van der Waals surface area contributed by atoms with E-state index in [0.29, 0.717) is 4.24 Å². The molecule has 0 bridgehead atoms. The zero-order chi connectivity index (χ0) is 15.2. The summed E-state index contributed by atoms with van der Waals surface area (Å²) in [5, 5.41) is 17.8. The lowest BCUT2D eigenvalue weighted by molar-refractivity contribution is -0.156. The summed E-state index contributed by atoms with van der Waals surface area (Å²) >= 11 is 2.21. The van der Waals surface area contributed by atoms with Gasteiger partial charge < -0.3 is 15.9 Å². The number of nitrogens with zero attached hydrogens (tertiary/aromatic N) is 1. The number of aliphatic hydroxyl groups excluding tert-OH is 1. The molecule has 1 fully saturated rings. The van der Waals surface area contributed by atoms with E-state index >= 15 is 0 Å². The highest BCUT2D eigenvalue weighted by molar-refractivity contribution is 8.23. The summed E-state index contributed by atoms with van der Waals surface area (Å²) in [4.78, 5) is 35.5. The van der Waals surface area contributed by atoms with Gasteiger partial charge in [-0.15, -0.1) is 11.8 Å². The SMILES string of the molecule is CC(SC1=C(C(=O)O)N2C(=O)[C@H]([C@@H](C)O)[C@H]2S1)C(N)=O. The normalized spacial score (nSPS) is 27.9. The lowest BCUT2D eigenvalue weighted by Crippen LogP contribution is -2.60. The summed E-state index contributed by atoms with van der Waals surface area (Å²) in [6, 6.07) is 0. The molecule has 9 heteroatoms. The number of β-lactam (4-membered cyclic amide) rings is 1. The molecule has 7 nitrogen and oxygen atoms in total. The maximum atomic E-state index is 11.9.